The topological polar surface area (TPSA) is 24.5 Å². The molecule has 2 aliphatic rings. The average Bonchev–Trinajstić information content (AvgIpc) is 2.39. The van der Waals surface area contributed by atoms with Crippen LogP contribution in [0.15, 0.2) is 0 Å². The Bertz CT molecular complexity index is 204. The number of nitrogens with one attached hydrogen (secondary N) is 1. The molecule has 2 unspecified atom stereocenters. The third kappa shape index (κ3) is 2.96. The van der Waals surface area contributed by atoms with Crippen molar-refractivity contribution in [2.24, 2.45) is 0 Å². The molecule has 1 saturated carbocycles. The molecule has 0 spiro atoms. The summed E-state index contributed by atoms with van der Waals surface area (Å²) in [5.74, 6) is 0. The maximum absolute atomic E-state index is 5.44. The Balaban J connectivity index is 1.84. The number of nitrogens with zero attached hydrogens (tertiary/aromatic N) is 1. The van der Waals surface area contributed by atoms with Crippen molar-refractivity contribution < 1.29 is 4.74 Å². The van der Waals surface area contributed by atoms with Crippen LogP contribution < -0.4 is 5.32 Å². The van der Waals surface area contributed by atoms with Crippen LogP contribution >= 0.6 is 0 Å². The molecular weight excluding hydrogens is 200 g/mol. The largest absolute Gasteiger partial charge is 0.381 e. The summed E-state index contributed by atoms with van der Waals surface area (Å²) in [6, 6.07) is 2.28. The lowest BCUT2D eigenvalue weighted by atomic mass is 9.89. The second-order valence-electron chi connectivity index (χ2n) is 5.32. The van der Waals surface area contributed by atoms with Crippen molar-refractivity contribution in [3.63, 3.8) is 0 Å². The van der Waals surface area contributed by atoms with Gasteiger partial charge < -0.3 is 15.0 Å². The van der Waals surface area contributed by atoms with E-state index in [0.29, 0.717) is 0 Å². The molecule has 94 valence electrons. The quantitative estimate of drug-likeness (QED) is 0.791. The van der Waals surface area contributed by atoms with Crippen molar-refractivity contribution >= 4 is 0 Å². The van der Waals surface area contributed by atoms with Crippen LogP contribution in [0.4, 0.5) is 0 Å². The Labute approximate surface area is 99.5 Å². The maximum atomic E-state index is 5.44. The molecule has 1 N–H and O–H groups in total. The van der Waals surface area contributed by atoms with Crippen molar-refractivity contribution in [1.29, 1.82) is 0 Å². The summed E-state index contributed by atoms with van der Waals surface area (Å²) in [7, 11) is 4.42. The zero-order valence-corrected chi connectivity index (χ0v) is 10.7. The molecule has 1 saturated heterocycles. The highest BCUT2D eigenvalue weighted by Crippen LogP contribution is 2.26. The van der Waals surface area contributed by atoms with Crippen LogP contribution in [-0.4, -0.2) is 50.3 Å². The summed E-state index contributed by atoms with van der Waals surface area (Å²) < 4.78 is 5.44. The summed E-state index contributed by atoms with van der Waals surface area (Å²) in [6.07, 6.45) is 7.88. The molecule has 1 heterocycles. The van der Waals surface area contributed by atoms with Crippen LogP contribution in [0.2, 0.25) is 0 Å². The van der Waals surface area contributed by atoms with Crippen LogP contribution in [-0.2, 0) is 4.74 Å². The zero-order valence-electron chi connectivity index (χ0n) is 10.7. The van der Waals surface area contributed by atoms with Crippen molar-refractivity contribution in [2.45, 2.75) is 56.7 Å². The summed E-state index contributed by atoms with van der Waals surface area (Å²) in [5.41, 5.74) is 0. The maximum Gasteiger partial charge on any atom is 0.0480 e. The third-order valence-corrected chi connectivity index (χ3v) is 4.40. The van der Waals surface area contributed by atoms with E-state index in [4.69, 9.17) is 4.74 Å². The smallest absolute Gasteiger partial charge is 0.0480 e. The lowest BCUT2D eigenvalue weighted by molar-refractivity contribution is 0.0196. The molecule has 0 aromatic heterocycles. The van der Waals surface area contributed by atoms with Crippen LogP contribution in [0, 0.1) is 0 Å². The Hall–Kier alpha value is -0.120. The second-order valence-corrected chi connectivity index (χ2v) is 5.32. The molecule has 0 bridgehead atoms. The van der Waals surface area contributed by atoms with Gasteiger partial charge in [0.1, 0.15) is 0 Å². The molecule has 1 aliphatic carbocycles. The van der Waals surface area contributed by atoms with Gasteiger partial charge in [0.25, 0.3) is 0 Å². The molecule has 1 aliphatic heterocycles. The Kier molecular flexibility index (Phi) is 4.62. The predicted octanol–water partition coefficient (Wildman–Crippen LogP) is 1.63. The first-order valence-electron chi connectivity index (χ1n) is 6.78. The van der Waals surface area contributed by atoms with Crippen LogP contribution in [0.1, 0.15) is 38.5 Å². The van der Waals surface area contributed by atoms with Gasteiger partial charge in [0.05, 0.1) is 0 Å². The highest BCUT2D eigenvalue weighted by atomic mass is 16.5. The van der Waals surface area contributed by atoms with Crippen molar-refractivity contribution in [1.82, 2.24) is 10.2 Å². The van der Waals surface area contributed by atoms with E-state index in [2.05, 4.69) is 24.3 Å². The highest BCUT2D eigenvalue weighted by Gasteiger charge is 2.28. The molecular formula is C13H26N2O. The fourth-order valence-corrected chi connectivity index (χ4v) is 3.19. The molecule has 0 aromatic rings. The standard InChI is InChI=1S/C13H26N2O/c1-14-11-4-3-5-13(10-11)15(2)12-6-8-16-9-7-12/h11-14H,3-10H2,1-2H3. The summed E-state index contributed by atoms with van der Waals surface area (Å²) in [5, 5.41) is 3.44. The molecule has 0 aromatic carbocycles. The Morgan fingerprint density at radius 3 is 2.50 bits per heavy atom. The first-order valence-corrected chi connectivity index (χ1v) is 6.78. The highest BCUT2D eigenvalue weighted by molar-refractivity contribution is 4.85. The molecule has 2 fully saturated rings. The minimum absolute atomic E-state index is 0.737. The fourth-order valence-electron chi connectivity index (χ4n) is 3.19. The van der Waals surface area contributed by atoms with E-state index in [0.717, 1.165) is 31.3 Å². The van der Waals surface area contributed by atoms with Gasteiger partial charge in [-0.15, -0.1) is 0 Å². The van der Waals surface area contributed by atoms with Gasteiger partial charge in [0.2, 0.25) is 0 Å². The van der Waals surface area contributed by atoms with E-state index in [-0.39, 0.29) is 0 Å². The van der Waals surface area contributed by atoms with Crippen molar-refractivity contribution in [3.05, 3.63) is 0 Å². The molecule has 0 radical (unpaired) electrons. The monoisotopic (exact) mass is 226 g/mol. The second kappa shape index (κ2) is 5.99. The Morgan fingerprint density at radius 2 is 1.81 bits per heavy atom. The lowest BCUT2D eigenvalue weighted by Gasteiger charge is -2.41. The van der Waals surface area contributed by atoms with Crippen molar-refractivity contribution in [3.8, 4) is 0 Å². The van der Waals surface area contributed by atoms with Gasteiger partial charge in [0, 0.05) is 31.3 Å². The zero-order chi connectivity index (χ0) is 11.4. The van der Waals surface area contributed by atoms with Crippen LogP contribution in [0.25, 0.3) is 0 Å². The van der Waals surface area contributed by atoms with E-state index in [9.17, 15) is 0 Å². The van der Waals surface area contributed by atoms with Gasteiger partial charge in [-0.3, -0.25) is 0 Å². The molecule has 2 atom stereocenters. The first kappa shape index (κ1) is 12.3. The van der Waals surface area contributed by atoms with E-state index in [1.165, 1.54) is 38.5 Å². The molecule has 3 nitrogen and oxygen atoms in total. The molecule has 16 heavy (non-hydrogen) atoms. The summed E-state index contributed by atoms with van der Waals surface area (Å²) >= 11 is 0. The van der Waals surface area contributed by atoms with E-state index in [1.54, 1.807) is 0 Å². The molecule has 2 rings (SSSR count). The van der Waals surface area contributed by atoms with Gasteiger partial charge in [-0.05, 0) is 46.2 Å². The SMILES string of the molecule is CNC1CCCC(N(C)C2CCOCC2)C1. The number of ether oxygens (including phenoxy) is 1. The molecule has 0 amide bonds. The first-order chi connectivity index (χ1) is 7.81. The predicted molar refractivity (Wildman–Crippen MR) is 66.7 cm³/mol. The van der Waals surface area contributed by atoms with Crippen LogP contribution in [0.3, 0.4) is 0 Å². The summed E-state index contributed by atoms with van der Waals surface area (Å²) in [4.78, 5) is 2.63. The van der Waals surface area contributed by atoms with Gasteiger partial charge in [-0.2, -0.15) is 0 Å². The minimum atomic E-state index is 0.737. The van der Waals surface area contributed by atoms with E-state index in [1.807, 2.05) is 0 Å². The Morgan fingerprint density at radius 1 is 1.06 bits per heavy atom. The third-order valence-electron chi connectivity index (χ3n) is 4.40. The number of hydrogen-bond donors (Lipinski definition) is 1. The van der Waals surface area contributed by atoms with Gasteiger partial charge in [0.15, 0.2) is 0 Å². The average molecular weight is 226 g/mol. The summed E-state index contributed by atoms with van der Waals surface area (Å²) in [6.45, 7) is 1.91. The van der Waals surface area contributed by atoms with Crippen LogP contribution in [0.5, 0.6) is 0 Å². The minimum Gasteiger partial charge on any atom is -0.381 e. The van der Waals surface area contributed by atoms with Crippen molar-refractivity contribution in [2.75, 3.05) is 27.3 Å². The van der Waals surface area contributed by atoms with Gasteiger partial charge in [-0.1, -0.05) is 6.42 Å². The van der Waals surface area contributed by atoms with E-state index >= 15 is 0 Å². The normalized spacial score (nSPS) is 33.2. The number of hydrogen-bond acceptors (Lipinski definition) is 3. The molecule has 3 heteroatoms. The number of rotatable bonds is 3. The van der Waals surface area contributed by atoms with E-state index < -0.39 is 0 Å². The van der Waals surface area contributed by atoms with Gasteiger partial charge in [-0.25, -0.2) is 0 Å². The lowest BCUT2D eigenvalue weighted by Crippen LogP contribution is -2.47. The fraction of sp³-hybridized carbons (Fsp3) is 1.00. The van der Waals surface area contributed by atoms with Gasteiger partial charge >= 0.3 is 0 Å².